The minimum absolute atomic E-state index is 0.0703. The number of nitrogens with zero attached hydrogens (tertiary/aromatic N) is 1. The summed E-state index contributed by atoms with van der Waals surface area (Å²) >= 11 is 0. The molecule has 0 radical (unpaired) electrons. The van der Waals surface area contributed by atoms with Gasteiger partial charge in [-0.15, -0.1) is 0 Å². The number of carbonyl (C=O) groups is 1. The van der Waals surface area contributed by atoms with Crippen LogP contribution in [0, 0.1) is 5.92 Å². The lowest BCUT2D eigenvalue weighted by Gasteiger charge is -2.20. The van der Waals surface area contributed by atoms with Gasteiger partial charge < -0.3 is 4.74 Å². The van der Waals surface area contributed by atoms with E-state index in [1.165, 1.54) is 14.2 Å². The average molecular weight is 250 g/mol. The summed E-state index contributed by atoms with van der Waals surface area (Å²) in [5.41, 5.74) is 0. The number of nitrogens with one attached hydrogen (secondary N) is 1. The zero-order valence-corrected chi connectivity index (χ0v) is 10.6. The van der Waals surface area contributed by atoms with E-state index in [2.05, 4.69) is 9.46 Å². The number of hydrogen-bond donors (Lipinski definition) is 1. The van der Waals surface area contributed by atoms with Gasteiger partial charge in [0.05, 0.1) is 13.0 Å². The summed E-state index contributed by atoms with van der Waals surface area (Å²) in [5, 5.41) is 0. The molecule has 0 aliphatic heterocycles. The molecule has 16 heavy (non-hydrogen) atoms. The van der Waals surface area contributed by atoms with Crippen LogP contribution < -0.4 is 4.72 Å². The number of methoxy groups -OCH3 is 1. The van der Waals surface area contributed by atoms with Gasteiger partial charge >= 0.3 is 5.97 Å². The Morgan fingerprint density at radius 1 is 1.56 bits per heavy atom. The van der Waals surface area contributed by atoms with Crippen molar-refractivity contribution < 1.29 is 17.9 Å². The van der Waals surface area contributed by atoms with E-state index in [0.717, 1.165) is 17.1 Å². The van der Waals surface area contributed by atoms with Gasteiger partial charge in [0.2, 0.25) is 0 Å². The molecule has 0 amide bonds. The van der Waals surface area contributed by atoms with E-state index < -0.39 is 22.1 Å². The second-order valence-electron chi connectivity index (χ2n) is 4.10. The number of ether oxygens (including phenoxy) is 1. The quantitative estimate of drug-likeness (QED) is 0.658. The molecule has 1 N–H and O–H groups in total. The average Bonchev–Trinajstić information content (AvgIpc) is 2.99. The Morgan fingerprint density at radius 2 is 2.12 bits per heavy atom. The molecule has 0 heterocycles. The zero-order valence-electron chi connectivity index (χ0n) is 9.76. The van der Waals surface area contributed by atoms with Crippen molar-refractivity contribution in [1.29, 1.82) is 0 Å². The standard InChI is InChI=1S/C9H18N2O4S/c1-7(9(12)15-3)6-11(2)16(13,14)10-8-4-5-8/h7-8,10H,4-6H2,1-3H3. The van der Waals surface area contributed by atoms with Crippen LogP contribution in [0.4, 0.5) is 0 Å². The van der Waals surface area contributed by atoms with Crippen LogP contribution in [0.2, 0.25) is 0 Å². The summed E-state index contributed by atoms with van der Waals surface area (Å²) < 4.78 is 31.6. The smallest absolute Gasteiger partial charge is 0.309 e. The van der Waals surface area contributed by atoms with E-state index in [0.29, 0.717) is 0 Å². The normalized spacial score (nSPS) is 18.5. The van der Waals surface area contributed by atoms with Gasteiger partial charge in [-0.25, -0.2) is 0 Å². The van der Waals surface area contributed by atoms with E-state index in [9.17, 15) is 13.2 Å². The third kappa shape index (κ3) is 3.73. The van der Waals surface area contributed by atoms with Gasteiger partial charge in [0.1, 0.15) is 0 Å². The van der Waals surface area contributed by atoms with Crippen molar-refractivity contribution >= 4 is 16.2 Å². The van der Waals surface area contributed by atoms with Gasteiger partial charge in [-0.2, -0.15) is 17.4 Å². The van der Waals surface area contributed by atoms with Crippen LogP contribution in [0.3, 0.4) is 0 Å². The molecule has 0 bridgehead atoms. The fraction of sp³-hybridized carbons (Fsp3) is 0.889. The molecule has 0 aromatic heterocycles. The van der Waals surface area contributed by atoms with E-state index in [1.807, 2.05) is 0 Å². The third-order valence-electron chi connectivity index (χ3n) is 2.44. The van der Waals surface area contributed by atoms with Crippen molar-refractivity contribution in [2.45, 2.75) is 25.8 Å². The Morgan fingerprint density at radius 3 is 2.56 bits per heavy atom. The minimum atomic E-state index is -3.46. The Bertz CT molecular complexity index is 351. The molecule has 1 fully saturated rings. The maximum Gasteiger partial charge on any atom is 0.309 e. The van der Waals surface area contributed by atoms with Gasteiger partial charge in [0.25, 0.3) is 10.2 Å². The first-order valence-corrected chi connectivity index (χ1v) is 6.62. The lowest BCUT2D eigenvalue weighted by atomic mass is 10.2. The minimum Gasteiger partial charge on any atom is -0.469 e. The Labute approximate surface area is 96.1 Å². The van der Waals surface area contributed by atoms with Gasteiger partial charge in [0, 0.05) is 19.6 Å². The van der Waals surface area contributed by atoms with Crippen LogP contribution in [0.15, 0.2) is 0 Å². The zero-order chi connectivity index (χ0) is 12.3. The summed E-state index contributed by atoms with van der Waals surface area (Å²) in [6, 6.07) is 0.0703. The van der Waals surface area contributed by atoms with Gasteiger partial charge in [0.15, 0.2) is 0 Å². The molecule has 1 aliphatic carbocycles. The van der Waals surface area contributed by atoms with E-state index in [-0.39, 0.29) is 12.6 Å². The molecule has 1 rings (SSSR count). The van der Waals surface area contributed by atoms with Crippen LogP contribution in [0.1, 0.15) is 19.8 Å². The molecule has 0 aromatic carbocycles. The van der Waals surface area contributed by atoms with Crippen molar-refractivity contribution in [3.63, 3.8) is 0 Å². The lowest BCUT2D eigenvalue weighted by Crippen LogP contribution is -2.42. The molecular weight excluding hydrogens is 232 g/mol. The topological polar surface area (TPSA) is 75.7 Å². The number of rotatable bonds is 6. The third-order valence-corrected chi connectivity index (χ3v) is 4.04. The van der Waals surface area contributed by atoms with Crippen LogP contribution in [-0.2, 0) is 19.7 Å². The summed E-state index contributed by atoms with van der Waals surface area (Å²) in [4.78, 5) is 11.1. The molecule has 1 aliphatic rings. The van der Waals surface area contributed by atoms with Crippen molar-refractivity contribution in [1.82, 2.24) is 9.03 Å². The van der Waals surface area contributed by atoms with Crippen molar-refractivity contribution in [2.75, 3.05) is 20.7 Å². The van der Waals surface area contributed by atoms with Gasteiger partial charge in [-0.3, -0.25) is 4.79 Å². The predicted molar refractivity (Wildman–Crippen MR) is 58.9 cm³/mol. The molecular formula is C9H18N2O4S. The van der Waals surface area contributed by atoms with Crippen molar-refractivity contribution in [3.8, 4) is 0 Å². The fourth-order valence-electron chi connectivity index (χ4n) is 1.26. The van der Waals surface area contributed by atoms with E-state index in [4.69, 9.17) is 0 Å². The van der Waals surface area contributed by atoms with E-state index >= 15 is 0 Å². The Balaban J connectivity index is 2.49. The summed E-state index contributed by atoms with van der Waals surface area (Å²) in [7, 11) is -0.722. The van der Waals surface area contributed by atoms with Gasteiger partial charge in [-0.1, -0.05) is 6.92 Å². The van der Waals surface area contributed by atoms with Crippen LogP contribution in [0.5, 0.6) is 0 Å². The number of esters is 1. The predicted octanol–water partition coefficient (Wildman–Crippen LogP) is -0.276. The SMILES string of the molecule is COC(=O)C(C)CN(C)S(=O)(=O)NC1CC1. The second-order valence-corrected chi connectivity index (χ2v) is 5.91. The summed E-state index contributed by atoms with van der Waals surface area (Å²) in [6.45, 7) is 1.75. The van der Waals surface area contributed by atoms with Crippen LogP contribution >= 0.6 is 0 Å². The van der Waals surface area contributed by atoms with Crippen LogP contribution in [0.25, 0.3) is 0 Å². The molecule has 6 nitrogen and oxygen atoms in total. The molecule has 1 saturated carbocycles. The Kier molecular flexibility index (Phi) is 4.28. The number of hydrogen-bond acceptors (Lipinski definition) is 4. The van der Waals surface area contributed by atoms with Gasteiger partial charge in [-0.05, 0) is 12.8 Å². The number of carbonyl (C=O) groups excluding carboxylic acids is 1. The molecule has 1 unspecified atom stereocenters. The monoisotopic (exact) mass is 250 g/mol. The van der Waals surface area contributed by atoms with E-state index in [1.54, 1.807) is 6.92 Å². The summed E-state index contributed by atoms with van der Waals surface area (Å²) in [5.74, 6) is -0.876. The molecule has 0 spiro atoms. The van der Waals surface area contributed by atoms with Crippen LogP contribution in [-0.4, -0.2) is 45.4 Å². The maximum absolute atomic E-state index is 11.7. The lowest BCUT2D eigenvalue weighted by molar-refractivity contribution is -0.144. The molecule has 0 saturated heterocycles. The molecule has 1 atom stereocenters. The Hall–Kier alpha value is -0.660. The fourth-order valence-corrected chi connectivity index (χ4v) is 2.52. The first-order valence-electron chi connectivity index (χ1n) is 5.18. The largest absolute Gasteiger partial charge is 0.469 e. The molecule has 0 aromatic rings. The van der Waals surface area contributed by atoms with Crippen molar-refractivity contribution in [3.05, 3.63) is 0 Å². The highest BCUT2D eigenvalue weighted by Crippen LogP contribution is 2.20. The second kappa shape index (κ2) is 5.11. The molecule has 7 heteroatoms. The highest BCUT2D eigenvalue weighted by Gasteiger charge is 2.30. The highest BCUT2D eigenvalue weighted by atomic mass is 32.2. The maximum atomic E-state index is 11.7. The van der Waals surface area contributed by atoms with Crippen molar-refractivity contribution in [2.24, 2.45) is 5.92 Å². The molecule has 94 valence electrons. The first-order chi connectivity index (χ1) is 7.36. The highest BCUT2D eigenvalue weighted by molar-refractivity contribution is 7.87. The first kappa shape index (κ1) is 13.4. The summed E-state index contributed by atoms with van der Waals surface area (Å²) in [6.07, 6.45) is 1.78.